The Kier molecular flexibility index (Phi) is 3.74. The lowest BCUT2D eigenvalue weighted by molar-refractivity contribution is 0.286. The lowest BCUT2D eigenvalue weighted by atomic mass is 10.1. The predicted molar refractivity (Wildman–Crippen MR) is 64.2 cm³/mol. The van der Waals surface area contributed by atoms with Crippen molar-refractivity contribution in [2.75, 3.05) is 6.61 Å². The van der Waals surface area contributed by atoms with Crippen molar-refractivity contribution in [3.8, 4) is 0 Å². The molecule has 0 unspecified atom stereocenters. The molecular formula is C12H12BrNO2. The first-order valence-electron chi connectivity index (χ1n) is 5.07. The maximum atomic E-state index is 8.76. The summed E-state index contributed by atoms with van der Waals surface area (Å²) in [5.74, 6) is 1.42. The first-order chi connectivity index (χ1) is 7.78. The lowest BCUT2D eigenvalue weighted by Crippen LogP contribution is -1.88. The smallest absolute Gasteiger partial charge is 0.198 e. The van der Waals surface area contributed by atoms with Gasteiger partial charge < -0.3 is 9.52 Å². The summed E-state index contributed by atoms with van der Waals surface area (Å²) in [5, 5.41) is 8.76. The van der Waals surface area contributed by atoms with Gasteiger partial charge in [-0.15, -0.1) is 0 Å². The zero-order valence-electron chi connectivity index (χ0n) is 8.69. The molecule has 0 fully saturated rings. The van der Waals surface area contributed by atoms with E-state index in [0.29, 0.717) is 18.7 Å². The standard InChI is InChI=1S/C12H12BrNO2/c13-10-3-1-9(2-4-10)7-12-14-8-11(16-12)5-6-15/h1-4,8,15H,5-7H2. The highest BCUT2D eigenvalue weighted by Gasteiger charge is 2.04. The van der Waals surface area contributed by atoms with Crippen LogP contribution in [0.2, 0.25) is 0 Å². The van der Waals surface area contributed by atoms with E-state index in [9.17, 15) is 0 Å². The number of nitrogens with zero attached hydrogens (tertiary/aromatic N) is 1. The molecule has 0 aliphatic carbocycles. The molecule has 2 aromatic rings. The Morgan fingerprint density at radius 3 is 2.69 bits per heavy atom. The second-order valence-electron chi connectivity index (χ2n) is 3.50. The molecule has 0 aliphatic rings. The molecule has 0 bridgehead atoms. The van der Waals surface area contributed by atoms with E-state index in [-0.39, 0.29) is 6.61 Å². The molecule has 16 heavy (non-hydrogen) atoms. The maximum Gasteiger partial charge on any atom is 0.198 e. The third kappa shape index (κ3) is 2.93. The third-order valence-electron chi connectivity index (χ3n) is 2.23. The van der Waals surface area contributed by atoms with Gasteiger partial charge in [0.05, 0.1) is 12.8 Å². The summed E-state index contributed by atoms with van der Waals surface area (Å²) in [6, 6.07) is 8.04. The Bertz CT molecular complexity index is 450. The maximum absolute atomic E-state index is 8.76. The fourth-order valence-corrected chi connectivity index (χ4v) is 1.70. The van der Waals surface area contributed by atoms with Crippen molar-refractivity contribution in [1.82, 2.24) is 4.98 Å². The Balaban J connectivity index is 2.05. The van der Waals surface area contributed by atoms with Crippen LogP contribution in [0.15, 0.2) is 39.4 Å². The second kappa shape index (κ2) is 5.27. The molecule has 0 aliphatic heterocycles. The average molecular weight is 282 g/mol. The van der Waals surface area contributed by atoms with Crippen LogP contribution in [-0.2, 0) is 12.8 Å². The molecule has 0 saturated heterocycles. The monoisotopic (exact) mass is 281 g/mol. The van der Waals surface area contributed by atoms with Crippen LogP contribution in [0.3, 0.4) is 0 Å². The van der Waals surface area contributed by atoms with E-state index in [1.165, 1.54) is 0 Å². The van der Waals surface area contributed by atoms with Gasteiger partial charge in [0.1, 0.15) is 5.76 Å². The molecule has 1 aromatic heterocycles. The van der Waals surface area contributed by atoms with Gasteiger partial charge in [-0.25, -0.2) is 4.98 Å². The van der Waals surface area contributed by atoms with Crippen molar-refractivity contribution in [2.24, 2.45) is 0 Å². The molecule has 0 amide bonds. The van der Waals surface area contributed by atoms with Gasteiger partial charge in [-0.1, -0.05) is 28.1 Å². The van der Waals surface area contributed by atoms with Crippen LogP contribution < -0.4 is 0 Å². The highest BCUT2D eigenvalue weighted by atomic mass is 79.9. The Hall–Kier alpha value is -1.13. The molecule has 3 nitrogen and oxygen atoms in total. The summed E-state index contributed by atoms with van der Waals surface area (Å²) in [7, 11) is 0. The Morgan fingerprint density at radius 1 is 1.25 bits per heavy atom. The van der Waals surface area contributed by atoms with Crippen molar-refractivity contribution < 1.29 is 9.52 Å². The molecular weight excluding hydrogens is 270 g/mol. The number of hydrogen-bond donors (Lipinski definition) is 1. The van der Waals surface area contributed by atoms with E-state index in [1.807, 2.05) is 24.3 Å². The molecule has 0 atom stereocenters. The fourth-order valence-electron chi connectivity index (χ4n) is 1.43. The normalized spacial score (nSPS) is 10.6. The number of oxazole rings is 1. The molecule has 0 spiro atoms. The van der Waals surface area contributed by atoms with Gasteiger partial charge >= 0.3 is 0 Å². The second-order valence-corrected chi connectivity index (χ2v) is 4.41. The number of aliphatic hydroxyl groups excluding tert-OH is 1. The summed E-state index contributed by atoms with van der Waals surface area (Å²) < 4.78 is 6.54. The molecule has 4 heteroatoms. The summed E-state index contributed by atoms with van der Waals surface area (Å²) in [6.45, 7) is 0.0902. The largest absolute Gasteiger partial charge is 0.445 e. The summed E-state index contributed by atoms with van der Waals surface area (Å²) >= 11 is 3.39. The van der Waals surface area contributed by atoms with E-state index in [2.05, 4.69) is 20.9 Å². The highest BCUT2D eigenvalue weighted by Crippen LogP contribution is 2.14. The van der Waals surface area contributed by atoms with Crippen LogP contribution in [-0.4, -0.2) is 16.7 Å². The van der Waals surface area contributed by atoms with Crippen LogP contribution in [0.4, 0.5) is 0 Å². The minimum absolute atomic E-state index is 0.0902. The third-order valence-corrected chi connectivity index (χ3v) is 2.76. The minimum atomic E-state index is 0.0902. The molecule has 1 aromatic carbocycles. The number of halogens is 1. The number of aromatic nitrogens is 1. The van der Waals surface area contributed by atoms with E-state index in [0.717, 1.165) is 15.8 Å². The number of aliphatic hydroxyl groups is 1. The van der Waals surface area contributed by atoms with Gasteiger partial charge in [0.2, 0.25) is 0 Å². The van der Waals surface area contributed by atoms with Crippen LogP contribution in [0.25, 0.3) is 0 Å². The SMILES string of the molecule is OCCc1cnc(Cc2ccc(Br)cc2)o1. The number of hydrogen-bond acceptors (Lipinski definition) is 3. The Labute approximate surface area is 102 Å². The topological polar surface area (TPSA) is 46.3 Å². The summed E-state index contributed by atoms with van der Waals surface area (Å²) in [5.41, 5.74) is 1.15. The van der Waals surface area contributed by atoms with Gasteiger partial charge in [-0.05, 0) is 17.7 Å². The van der Waals surface area contributed by atoms with Crippen molar-refractivity contribution in [2.45, 2.75) is 12.8 Å². The van der Waals surface area contributed by atoms with Crippen molar-refractivity contribution >= 4 is 15.9 Å². The van der Waals surface area contributed by atoms with Gasteiger partial charge in [0, 0.05) is 17.3 Å². The van der Waals surface area contributed by atoms with Crippen molar-refractivity contribution in [1.29, 1.82) is 0 Å². The zero-order chi connectivity index (χ0) is 11.4. The van der Waals surface area contributed by atoms with Crippen LogP contribution in [0.5, 0.6) is 0 Å². The van der Waals surface area contributed by atoms with Crippen LogP contribution in [0.1, 0.15) is 17.2 Å². The number of rotatable bonds is 4. The first kappa shape index (κ1) is 11.4. The zero-order valence-corrected chi connectivity index (χ0v) is 10.3. The average Bonchev–Trinajstić information content (AvgIpc) is 2.70. The fraction of sp³-hybridized carbons (Fsp3) is 0.250. The predicted octanol–water partition coefficient (Wildman–Crippen LogP) is 2.56. The van der Waals surface area contributed by atoms with E-state index in [1.54, 1.807) is 6.20 Å². The van der Waals surface area contributed by atoms with Gasteiger partial charge in [-0.3, -0.25) is 0 Å². The van der Waals surface area contributed by atoms with E-state index in [4.69, 9.17) is 9.52 Å². The van der Waals surface area contributed by atoms with Gasteiger partial charge in [0.15, 0.2) is 5.89 Å². The quantitative estimate of drug-likeness (QED) is 0.937. The van der Waals surface area contributed by atoms with Crippen molar-refractivity contribution in [3.05, 3.63) is 52.1 Å². The molecule has 1 heterocycles. The molecule has 0 saturated carbocycles. The lowest BCUT2D eigenvalue weighted by Gasteiger charge is -1.97. The van der Waals surface area contributed by atoms with Crippen LogP contribution >= 0.6 is 15.9 Å². The van der Waals surface area contributed by atoms with E-state index >= 15 is 0 Å². The Morgan fingerprint density at radius 2 is 2.00 bits per heavy atom. The minimum Gasteiger partial charge on any atom is -0.445 e. The molecule has 0 radical (unpaired) electrons. The van der Waals surface area contributed by atoms with Crippen LogP contribution in [0, 0.1) is 0 Å². The highest BCUT2D eigenvalue weighted by molar-refractivity contribution is 9.10. The van der Waals surface area contributed by atoms with E-state index < -0.39 is 0 Å². The molecule has 84 valence electrons. The summed E-state index contributed by atoms with van der Waals surface area (Å²) in [6.07, 6.45) is 2.87. The van der Waals surface area contributed by atoms with Crippen molar-refractivity contribution in [3.63, 3.8) is 0 Å². The molecule has 1 N–H and O–H groups in total. The van der Waals surface area contributed by atoms with Gasteiger partial charge in [-0.2, -0.15) is 0 Å². The van der Waals surface area contributed by atoms with Gasteiger partial charge in [0.25, 0.3) is 0 Å². The molecule has 2 rings (SSSR count). The summed E-state index contributed by atoms with van der Waals surface area (Å²) in [4.78, 5) is 4.16. The first-order valence-corrected chi connectivity index (χ1v) is 5.86. The number of benzene rings is 1.